The molecule has 0 aromatic heterocycles. The van der Waals surface area contributed by atoms with Crippen LogP contribution in [0.3, 0.4) is 0 Å². The van der Waals surface area contributed by atoms with E-state index in [0.717, 1.165) is 4.90 Å². The third kappa shape index (κ3) is 22.9. The second kappa shape index (κ2) is 16.6. The summed E-state index contributed by atoms with van der Waals surface area (Å²) >= 11 is 0. The van der Waals surface area contributed by atoms with Crippen LogP contribution >= 0.6 is 0 Å². The fourth-order valence-electron chi connectivity index (χ4n) is 0.0742. The van der Waals surface area contributed by atoms with E-state index in [2.05, 4.69) is 13.8 Å². The van der Waals surface area contributed by atoms with Crippen LogP contribution in [0.1, 0.15) is 41.0 Å². The number of imide groups is 1. The Kier molecular flexibility index (Phi) is 23.9. The van der Waals surface area contributed by atoms with Crippen molar-refractivity contribution in [2.24, 2.45) is 0 Å². The molecule has 2 amide bonds. The first-order valence-electron chi connectivity index (χ1n) is 4.28. The van der Waals surface area contributed by atoms with Crippen molar-refractivity contribution in [3.05, 3.63) is 0 Å². The van der Waals surface area contributed by atoms with E-state index in [9.17, 15) is 9.59 Å². The van der Waals surface area contributed by atoms with E-state index in [1.807, 2.05) is 13.8 Å². The quantitative estimate of drug-likeness (QED) is 0.572. The highest BCUT2D eigenvalue weighted by molar-refractivity contribution is 5.83. The maximum atomic E-state index is 10.1. The Balaban J connectivity index is -0.000000137. The Morgan fingerprint density at radius 3 is 1.58 bits per heavy atom. The van der Waals surface area contributed by atoms with Crippen LogP contribution < -0.4 is 0 Å². The number of hydrogen-bond acceptors (Lipinski definition) is 2. The van der Waals surface area contributed by atoms with Crippen LogP contribution in [0.25, 0.3) is 0 Å². The van der Waals surface area contributed by atoms with Crippen LogP contribution in [0.5, 0.6) is 0 Å². The maximum Gasteiger partial charge on any atom is 0.225 e. The van der Waals surface area contributed by atoms with Gasteiger partial charge in [-0.3, -0.25) is 14.5 Å². The minimum atomic E-state index is -0.241. The van der Waals surface area contributed by atoms with E-state index in [4.69, 9.17) is 0 Å². The highest BCUT2D eigenvalue weighted by Crippen LogP contribution is 1.71. The Labute approximate surface area is 75.8 Å². The fourth-order valence-corrected chi connectivity index (χ4v) is 0.0742. The van der Waals surface area contributed by atoms with Crippen LogP contribution in [0, 0.1) is 0 Å². The summed E-state index contributed by atoms with van der Waals surface area (Å²) in [7, 11) is 1.41. The Morgan fingerprint density at radius 1 is 1.33 bits per heavy atom. The van der Waals surface area contributed by atoms with Crippen LogP contribution in [0.2, 0.25) is 0 Å². The first kappa shape index (κ1) is 17.3. The van der Waals surface area contributed by atoms with Crippen molar-refractivity contribution in [3.63, 3.8) is 0 Å². The van der Waals surface area contributed by atoms with Crippen LogP contribution in [0.4, 0.5) is 0 Å². The van der Waals surface area contributed by atoms with Gasteiger partial charge in [0.15, 0.2) is 0 Å². The zero-order valence-electron chi connectivity index (χ0n) is 9.05. The van der Waals surface area contributed by atoms with Gasteiger partial charge < -0.3 is 0 Å². The lowest BCUT2D eigenvalue weighted by molar-refractivity contribution is -0.134. The minimum Gasteiger partial charge on any atom is -0.289 e. The van der Waals surface area contributed by atoms with Crippen LogP contribution in [-0.4, -0.2) is 24.3 Å². The van der Waals surface area contributed by atoms with E-state index in [0.29, 0.717) is 6.41 Å². The molecule has 0 aliphatic carbocycles. The number of rotatable bonds is 1. The van der Waals surface area contributed by atoms with Crippen molar-refractivity contribution in [2.75, 3.05) is 7.05 Å². The highest BCUT2D eigenvalue weighted by Gasteiger charge is 1.94. The molecule has 0 unspecified atom stereocenters. The monoisotopic (exact) mass is 175 g/mol. The van der Waals surface area contributed by atoms with Crippen molar-refractivity contribution < 1.29 is 9.59 Å². The summed E-state index contributed by atoms with van der Waals surface area (Å²) in [6, 6.07) is 0. The Hall–Kier alpha value is -0.860. The van der Waals surface area contributed by atoms with Gasteiger partial charge in [0.2, 0.25) is 12.3 Å². The lowest BCUT2D eigenvalue weighted by Gasteiger charge is -2.00. The molecule has 74 valence electrons. The van der Waals surface area contributed by atoms with Crippen LogP contribution in [0.15, 0.2) is 0 Å². The minimum absolute atomic E-state index is 0.241. The molecule has 0 fully saturated rings. The van der Waals surface area contributed by atoms with Crippen LogP contribution in [-0.2, 0) is 9.59 Å². The summed E-state index contributed by atoms with van der Waals surface area (Å²) in [5.41, 5.74) is 0. The zero-order valence-corrected chi connectivity index (χ0v) is 9.05. The molecule has 0 rings (SSSR count). The van der Waals surface area contributed by atoms with E-state index < -0.39 is 0 Å². The van der Waals surface area contributed by atoms with Gasteiger partial charge in [-0.2, -0.15) is 0 Å². The first-order chi connectivity index (χ1) is 5.59. The fraction of sp³-hybridized carbons (Fsp3) is 0.778. The summed E-state index contributed by atoms with van der Waals surface area (Å²) in [5.74, 6) is -0.241. The molecule has 0 N–H and O–H groups in total. The molecule has 0 aliphatic rings. The summed E-state index contributed by atoms with van der Waals surface area (Å²) in [5, 5.41) is 0. The van der Waals surface area contributed by atoms with Gasteiger partial charge in [-0.25, -0.2) is 0 Å². The molecule has 0 heterocycles. The van der Waals surface area contributed by atoms with E-state index >= 15 is 0 Å². The largest absolute Gasteiger partial charge is 0.289 e. The Bertz CT molecular complexity index is 103. The molecular weight excluding hydrogens is 154 g/mol. The summed E-state index contributed by atoms with van der Waals surface area (Å²) < 4.78 is 0. The predicted molar refractivity (Wildman–Crippen MR) is 51.8 cm³/mol. The van der Waals surface area contributed by atoms with E-state index in [-0.39, 0.29) is 5.91 Å². The van der Waals surface area contributed by atoms with Crippen molar-refractivity contribution in [1.82, 2.24) is 4.90 Å². The lowest BCUT2D eigenvalue weighted by atomic mass is 10.6. The highest BCUT2D eigenvalue weighted by atomic mass is 16.2. The van der Waals surface area contributed by atoms with Crippen molar-refractivity contribution in [3.8, 4) is 0 Å². The standard InChI is InChI=1S/C4H7NO2.C3H8.C2H6/c1-4(7)5(2)3-6;1-3-2;1-2/h3H,1-2H3;3H2,1-2H3;1-2H3. The Morgan fingerprint density at radius 2 is 1.58 bits per heavy atom. The number of amides is 2. The molecule has 3 heteroatoms. The number of carbonyl (C=O) groups excluding carboxylic acids is 2. The molecule has 0 radical (unpaired) electrons. The third-order valence-corrected chi connectivity index (χ3v) is 0.655. The normalized spacial score (nSPS) is 6.50. The lowest BCUT2D eigenvalue weighted by Crippen LogP contribution is -2.21. The average molecular weight is 175 g/mol. The molecule has 3 nitrogen and oxygen atoms in total. The summed E-state index contributed by atoms with van der Waals surface area (Å²) in [6.07, 6.45) is 1.72. The number of nitrogens with zero attached hydrogens (tertiary/aromatic N) is 1. The molecule has 0 atom stereocenters. The van der Waals surface area contributed by atoms with Crippen molar-refractivity contribution in [1.29, 1.82) is 0 Å². The van der Waals surface area contributed by atoms with Crippen molar-refractivity contribution >= 4 is 12.3 Å². The average Bonchev–Trinajstić information content (AvgIpc) is 2.08. The van der Waals surface area contributed by atoms with Gasteiger partial charge in [0, 0.05) is 14.0 Å². The molecule has 0 saturated heterocycles. The molecule has 0 saturated carbocycles. The van der Waals surface area contributed by atoms with Gasteiger partial charge in [-0.1, -0.05) is 34.1 Å². The number of hydrogen-bond donors (Lipinski definition) is 0. The van der Waals surface area contributed by atoms with Gasteiger partial charge in [-0.15, -0.1) is 0 Å². The second-order valence-corrected chi connectivity index (χ2v) is 1.94. The molecule has 0 aromatic rings. The smallest absolute Gasteiger partial charge is 0.225 e. The van der Waals surface area contributed by atoms with Crippen molar-refractivity contribution in [2.45, 2.75) is 41.0 Å². The first-order valence-corrected chi connectivity index (χ1v) is 4.28. The van der Waals surface area contributed by atoms with Gasteiger partial charge in [0.1, 0.15) is 0 Å². The van der Waals surface area contributed by atoms with E-state index in [1.165, 1.54) is 20.4 Å². The summed E-state index contributed by atoms with van der Waals surface area (Å²) in [4.78, 5) is 20.7. The van der Waals surface area contributed by atoms with Gasteiger partial charge in [0.25, 0.3) is 0 Å². The van der Waals surface area contributed by atoms with Gasteiger partial charge in [0.05, 0.1) is 0 Å². The SMILES string of the molecule is CC.CC(=O)N(C)C=O.CCC. The molecule has 0 aromatic carbocycles. The topological polar surface area (TPSA) is 37.4 Å². The predicted octanol–water partition coefficient (Wildman–Crippen LogP) is 2.06. The summed E-state index contributed by atoms with van der Waals surface area (Å²) in [6.45, 7) is 9.58. The third-order valence-electron chi connectivity index (χ3n) is 0.655. The molecular formula is C9H21NO2. The van der Waals surface area contributed by atoms with Gasteiger partial charge in [-0.05, 0) is 0 Å². The molecule has 0 spiro atoms. The van der Waals surface area contributed by atoms with Gasteiger partial charge >= 0.3 is 0 Å². The second-order valence-electron chi connectivity index (χ2n) is 1.94. The molecule has 12 heavy (non-hydrogen) atoms. The van der Waals surface area contributed by atoms with E-state index in [1.54, 1.807) is 0 Å². The zero-order chi connectivity index (χ0) is 10.6. The maximum absolute atomic E-state index is 10.1. The molecule has 0 bridgehead atoms. The number of carbonyl (C=O) groups is 2. The molecule has 0 aliphatic heterocycles.